The average Bonchev–Trinajstić information content (AvgIpc) is 2.53. The number of aryl methyl sites for hydroxylation is 1. The Labute approximate surface area is 127 Å². The molecular weight excluding hydrogens is 288 g/mol. The summed E-state index contributed by atoms with van der Waals surface area (Å²) in [6.45, 7) is 0.930. The van der Waals surface area contributed by atoms with Crippen LogP contribution in [0, 0.1) is 0 Å². The molecule has 2 amide bonds. The van der Waals surface area contributed by atoms with Gasteiger partial charge in [-0.15, -0.1) is 0 Å². The zero-order chi connectivity index (χ0) is 16.1. The van der Waals surface area contributed by atoms with Gasteiger partial charge in [-0.05, 0) is 24.1 Å². The van der Waals surface area contributed by atoms with Gasteiger partial charge in [-0.2, -0.15) is 0 Å². The maximum absolute atomic E-state index is 12.1. The Hall–Kier alpha value is -2.41. The van der Waals surface area contributed by atoms with E-state index in [0.29, 0.717) is 19.6 Å². The number of rotatable bonds is 5. The summed E-state index contributed by atoms with van der Waals surface area (Å²) < 4.78 is 5.19. The van der Waals surface area contributed by atoms with E-state index in [-0.39, 0.29) is 24.4 Å². The van der Waals surface area contributed by atoms with Crippen LogP contribution < -0.4 is 5.73 Å². The van der Waals surface area contributed by atoms with Crippen LogP contribution in [0.25, 0.3) is 0 Å². The summed E-state index contributed by atoms with van der Waals surface area (Å²) in [6, 6.07) is 6.42. The monoisotopic (exact) mass is 306 g/mol. The molecule has 2 rings (SSSR count). The van der Waals surface area contributed by atoms with Crippen LogP contribution in [-0.2, 0) is 20.7 Å². The van der Waals surface area contributed by atoms with Crippen molar-refractivity contribution in [3.8, 4) is 0 Å². The van der Waals surface area contributed by atoms with Crippen molar-refractivity contribution in [3.05, 3.63) is 35.4 Å². The highest BCUT2D eigenvalue weighted by Gasteiger charge is 2.27. The Bertz CT molecular complexity index is 570. The van der Waals surface area contributed by atoms with Crippen LogP contribution >= 0.6 is 0 Å². The first-order valence-corrected chi connectivity index (χ1v) is 6.98. The van der Waals surface area contributed by atoms with Crippen LogP contribution in [0.1, 0.15) is 22.3 Å². The summed E-state index contributed by atoms with van der Waals surface area (Å²) in [5, 5.41) is 8.82. The number of carbonyl (C=O) groups excluding carboxylic acids is 2. The summed E-state index contributed by atoms with van der Waals surface area (Å²) in [5.74, 6) is -1.62. The van der Waals surface area contributed by atoms with Crippen molar-refractivity contribution in [1.82, 2.24) is 4.90 Å². The highest BCUT2D eigenvalue weighted by molar-refractivity contribution is 5.87. The fraction of sp³-hybridized carbons (Fsp3) is 0.400. The van der Waals surface area contributed by atoms with Crippen LogP contribution in [-0.4, -0.2) is 53.6 Å². The number of morpholine rings is 1. The Morgan fingerprint density at radius 3 is 2.55 bits per heavy atom. The number of nitrogens with zero attached hydrogens (tertiary/aromatic N) is 1. The third-order valence-corrected chi connectivity index (χ3v) is 3.56. The van der Waals surface area contributed by atoms with Gasteiger partial charge < -0.3 is 20.5 Å². The number of amides is 2. The molecule has 3 N–H and O–H groups in total. The topological polar surface area (TPSA) is 110 Å². The van der Waals surface area contributed by atoms with Crippen LogP contribution in [0.3, 0.4) is 0 Å². The predicted molar refractivity (Wildman–Crippen MR) is 77.2 cm³/mol. The Kier molecular flexibility index (Phi) is 5.11. The van der Waals surface area contributed by atoms with Crippen molar-refractivity contribution >= 4 is 17.8 Å². The summed E-state index contributed by atoms with van der Waals surface area (Å²) in [7, 11) is 0. The quantitative estimate of drug-likeness (QED) is 0.797. The first-order valence-electron chi connectivity index (χ1n) is 6.98. The minimum atomic E-state index is -0.978. The van der Waals surface area contributed by atoms with Gasteiger partial charge in [0.25, 0.3) is 0 Å². The number of benzene rings is 1. The van der Waals surface area contributed by atoms with Gasteiger partial charge in [-0.3, -0.25) is 9.59 Å². The molecule has 0 radical (unpaired) electrons. The first-order chi connectivity index (χ1) is 10.5. The Morgan fingerprint density at radius 2 is 1.95 bits per heavy atom. The van der Waals surface area contributed by atoms with E-state index in [0.717, 1.165) is 5.56 Å². The fourth-order valence-electron chi connectivity index (χ4n) is 2.27. The second kappa shape index (κ2) is 7.04. The third kappa shape index (κ3) is 4.05. The van der Waals surface area contributed by atoms with Gasteiger partial charge in [-0.25, -0.2) is 4.79 Å². The smallest absolute Gasteiger partial charge is 0.335 e. The van der Waals surface area contributed by atoms with Crippen LogP contribution in [0.5, 0.6) is 0 Å². The molecule has 1 fully saturated rings. The number of primary amides is 1. The normalized spacial score (nSPS) is 18.0. The van der Waals surface area contributed by atoms with E-state index >= 15 is 0 Å². The van der Waals surface area contributed by atoms with Crippen LogP contribution in [0.2, 0.25) is 0 Å². The minimum Gasteiger partial charge on any atom is -0.478 e. The molecule has 1 atom stereocenters. The molecule has 0 aliphatic carbocycles. The first kappa shape index (κ1) is 16.0. The molecule has 0 spiro atoms. The van der Waals surface area contributed by atoms with E-state index in [4.69, 9.17) is 15.6 Å². The van der Waals surface area contributed by atoms with Crippen LogP contribution in [0.4, 0.5) is 0 Å². The molecule has 1 aromatic carbocycles. The molecule has 22 heavy (non-hydrogen) atoms. The summed E-state index contributed by atoms with van der Waals surface area (Å²) in [6.07, 6.45) is 0.0578. The van der Waals surface area contributed by atoms with E-state index < -0.39 is 18.0 Å². The lowest BCUT2D eigenvalue weighted by molar-refractivity contribution is -0.145. The van der Waals surface area contributed by atoms with Crippen molar-refractivity contribution < 1.29 is 24.2 Å². The number of carbonyl (C=O) groups is 3. The van der Waals surface area contributed by atoms with E-state index in [1.54, 1.807) is 17.0 Å². The molecule has 1 heterocycles. The lowest BCUT2D eigenvalue weighted by Crippen LogP contribution is -2.50. The van der Waals surface area contributed by atoms with Gasteiger partial charge in [0, 0.05) is 13.0 Å². The van der Waals surface area contributed by atoms with Gasteiger partial charge in [0.2, 0.25) is 11.8 Å². The van der Waals surface area contributed by atoms with Crippen molar-refractivity contribution in [2.75, 3.05) is 19.7 Å². The van der Waals surface area contributed by atoms with E-state index in [1.165, 1.54) is 12.1 Å². The molecule has 0 bridgehead atoms. The van der Waals surface area contributed by atoms with Crippen LogP contribution in [0.15, 0.2) is 24.3 Å². The third-order valence-electron chi connectivity index (χ3n) is 3.56. The number of hydrogen-bond acceptors (Lipinski definition) is 4. The highest BCUT2D eigenvalue weighted by atomic mass is 16.5. The molecule has 0 aromatic heterocycles. The fourth-order valence-corrected chi connectivity index (χ4v) is 2.27. The van der Waals surface area contributed by atoms with Gasteiger partial charge in [0.15, 0.2) is 6.10 Å². The van der Waals surface area contributed by atoms with Crippen molar-refractivity contribution in [2.24, 2.45) is 5.73 Å². The molecule has 1 aromatic rings. The molecular formula is C15H18N2O5. The van der Waals surface area contributed by atoms with Gasteiger partial charge in [0.05, 0.1) is 18.7 Å². The summed E-state index contributed by atoms with van der Waals surface area (Å²) in [4.78, 5) is 35.6. The molecule has 0 unspecified atom stereocenters. The summed E-state index contributed by atoms with van der Waals surface area (Å²) in [5.41, 5.74) is 6.29. The lowest BCUT2D eigenvalue weighted by atomic mass is 10.1. The average molecular weight is 306 g/mol. The lowest BCUT2D eigenvalue weighted by Gasteiger charge is -2.31. The summed E-state index contributed by atoms with van der Waals surface area (Å²) >= 11 is 0. The van der Waals surface area contributed by atoms with E-state index in [2.05, 4.69) is 0 Å². The number of hydrogen-bond donors (Lipinski definition) is 2. The number of ether oxygens (including phenoxy) is 1. The SMILES string of the molecule is NC(=O)[C@@H]1CN(C(=O)CCc2ccc(C(=O)O)cc2)CCO1. The van der Waals surface area contributed by atoms with Gasteiger partial charge >= 0.3 is 5.97 Å². The number of carboxylic acid groups (broad SMARTS) is 1. The zero-order valence-electron chi connectivity index (χ0n) is 12.0. The van der Waals surface area contributed by atoms with E-state index in [1.807, 2.05) is 0 Å². The Morgan fingerprint density at radius 1 is 1.27 bits per heavy atom. The molecule has 1 aliphatic heterocycles. The molecule has 0 saturated carbocycles. The second-order valence-corrected chi connectivity index (χ2v) is 5.10. The highest BCUT2D eigenvalue weighted by Crippen LogP contribution is 2.11. The van der Waals surface area contributed by atoms with Crippen molar-refractivity contribution in [2.45, 2.75) is 18.9 Å². The van der Waals surface area contributed by atoms with Crippen molar-refractivity contribution in [1.29, 1.82) is 0 Å². The van der Waals surface area contributed by atoms with Gasteiger partial charge in [0.1, 0.15) is 0 Å². The molecule has 7 nitrogen and oxygen atoms in total. The molecule has 1 saturated heterocycles. The maximum Gasteiger partial charge on any atom is 0.335 e. The number of carboxylic acids is 1. The number of aromatic carboxylic acids is 1. The molecule has 7 heteroatoms. The van der Waals surface area contributed by atoms with Gasteiger partial charge in [-0.1, -0.05) is 12.1 Å². The molecule has 1 aliphatic rings. The largest absolute Gasteiger partial charge is 0.478 e. The Balaban J connectivity index is 1.86. The van der Waals surface area contributed by atoms with E-state index in [9.17, 15) is 14.4 Å². The standard InChI is InChI=1S/C15H18N2O5/c16-14(19)12-9-17(7-8-22-12)13(18)6-3-10-1-4-11(5-2-10)15(20)21/h1-2,4-5,12H,3,6-9H2,(H2,16,19)(H,20,21)/t12-/m0/s1. The number of nitrogens with two attached hydrogens (primary N) is 1. The minimum absolute atomic E-state index is 0.0724. The predicted octanol–water partition coefficient (Wildman–Crippen LogP) is 0.0301. The molecule has 118 valence electrons. The maximum atomic E-state index is 12.1. The van der Waals surface area contributed by atoms with Crippen molar-refractivity contribution in [3.63, 3.8) is 0 Å². The zero-order valence-corrected chi connectivity index (χ0v) is 12.0. The second-order valence-electron chi connectivity index (χ2n) is 5.10.